The summed E-state index contributed by atoms with van der Waals surface area (Å²) in [6.07, 6.45) is 0.770. The molecule has 1 amide bonds. The molecule has 0 unspecified atom stereocenters. The second-order valence-corrected chi connectivity index (χ2v) is 8.72. The molecule has 0 radical (unpaired) electrons. The molecule has 4 rings (SSSR count). The molecule has 0 bridgehead atoms. The zero-order valence-electron chi connectivity index (χ0n) is 17.3. The van der Waals surface area contributed by atoms with Gasteiger partial charge in [-0.3, -0.25) is 14.4 Å². The van der Waals surface area contributed by atoms with Gasteiger partial charge in [-0.15, -0.1) is 11.3 Å². The van der Waals surface area contributed by atoms with Crippen molar-refractivity contribution in [1.82, 2.24) is 15.1 Å². The van der Waals surface area contributed by atoms with Crippen LogP contribution in [0.25, 0.3) is 16.1 Å². The number of rotatable bonds is 6. The lowest BCUT2D eigenvalue weighted by Crippen LogP contribution is -2.30. The van der Waals surface area contributed by atoms with E-state index in [1.807, 2.05) is 12.1 Å². The number of benzene rings is 2. The smallest absolute Gasteiger partial charge is 0.272 e. The number of carbonyl (C=O) groups is 2. The van der Waals surface area contributed by atoms with Gasteiger partial charge in [-0.1, -0.05) is 23.7 Å². The fourth-order valence-electron chi connectivity index (χ4n) is 3.25. The minimum atomic E-state index is -0.625. The van der Waals surface area contributed by atoms with E-state index in [9.17, 15) is 18.8 Å². The molecule has 0 spiro atoms. The maximum atomic E-state index is 14.1. The second-order valence-electron chi connectivity index (χ2n) is 7.17. The molecule has 0 fully saturated rings. The van der Waals surface area contributed by atoms with Crippen LogP contribution in [0.3, 0.4) is 0 Å². The highest BCUT2D eigenvalue weighted by Crippen LogP contribution is 2.34. The highest BCUT2D eigenvalue weighted by molar-refractivity contribution is 7.15. The molecule has 2 heterocycles. The Kier molecular flexibility index (Phi) is 6.48. The van der Waals surface area contributed by atoms with Crippen molar-refractivity contribution in [3.8, 4) is 16.1 Å². The van der Waals surface area contributed by atoms with Crippen LogP contribution in [0.5, 0.6) is 0 Å². The quantitative estimate of drug-likeness (QED) is 0.390. The third-order valence-corrected chi connectivity index (χ3v) is 6.46. The van der Waals surface area contributed by atoms with E-state index in [1.165, 1.54) is 41.7 Å². The van der Waals surface area contributed by atoms with Crippen molar-refractivity contribution in [2.45, 2.75) is 13.0 Å². The number of carbonyl (C=O) groups excluding carboxylic acids is 2. The lowest BCUT2D eigenvalue weighted by atomic mass is 10.1. The van der Waals surface area contributed by atoms with Gasteiger partial charge in [-0.2, -0.15) is 9.78 Å². The summed E-state index contributed by atoms with van der Waals surface area (Å²) in [6.45, 7) is 1.80. The average molecular weight is 482 g/mol. The number of amides is 1. The molecule has 2 aromatic heterocycles. The van der Waals surface area contributed by atoms with Gasteiger partial charge in [0.1, 0.15) is 17.2 Å². The number of thiophene rings is 1. The molecule has 0 aliphatic carbocycles. The molecule has 166 valence electrons. The second kappa shape index (κ2) is 9.48. The van der Waals surface area contributed by atoms with E-state index in [4.69, 9.17) is 11.6 Å². The summed E-state index contributed by atoms with van der Waals surface area (Å²) in [6, 6.07) is 16.5. The fraction of sp³-hybridized carbons (Fsp3) is 0.0833. The summed E-state index contributed by atoms with van der Waals surface area (Å²) in [4.78, 5) is 38.0. The monoisotopic (exact) mass is 481 g/mol. The fourth-order valence-corrected chi connectivity index (χ4v) is 4.47. The molecule has 0 saturated heterocycles. The first-order chi connectivity index (χ1) is 15.9. The molecule has 0 aliphatic heterocycles. The molecular weight excluding hydrogens is 465 g/mol. The number of hydrogen-bond donors (Lipinski definition) is 1. The van der Waals surface area contributed by atoms with Gasteiger partial charge < -0.3 is 5.32 Å². The topological polar surface area (TPSA) is 81.1 Å². The summed E-state index contributed by atoms with van der Waals surface area (Å²) in [5.74, 6) is -1.14. The summed E-state index contributed by atoms with van der Waals surface area (Å²) in [5.41, 5.74) is 0.607. The Morgan fingerprint density at radius 3 is 2.70 bits per heavy atom. The van der Waals surface area contributed by atoms with Crippen LogP contribution < -0.4 is 10.9 Å². The summed E-state index contributed by atoms with van der Waals surface area (Å²) < 4.78 is 15.0. The van der Waals surface area contributed by atoms with Gasteiger partial charge >= 0.3 is 0 Å². The van der Waals surface area contributed by atoms with Crippen LogP contribution in [0, 0.1) is 5.82 Å². The van der Waals surface area contributed by atoms with Crippen LogP contribution in [0.2, 0.25) is 5.02 Å². The molecule has 4 aromatic rings. The van der Waals surface area contributed by atoms with E-state index < -0.39 is 17.3 Å². The van der Waals surface area contributed by atoms with Crippen molar-refractivity contribution >= 4 is 35.1 Å². The van der Waals surface area contributed by atoms with E-state index in [0.717, 1.165) is 20.7 Å². The first-order valence-corrected chi connectivity index (χ1v) is 11.1. The molecule has 1 atom stereocenters. The Morgan fingerprint density at radius 1 is 1.15 bits per heavy atom. The van der Waals surface area contributed by atoms with Crippen LogP contribution in [-0.4, -0.2) is 22.0 Å². The van der Waals surface area contributed by atoms with E-state index >= 15 is 0 Å². The van der Waals surface area contributed by atoms with Crippen LogP contribution in [-0.2, 0) is 0 Å². The van der Waals surface area contributed by atoms with Gasteiger partial charge in [0, 0.05) is 32.0 Å². The molecule has 33 heavy (non-hydrogen) atoms. The van der Waals surface area contributed by atoms with Crippen LogP contribution in [0.1, 0.15) is 38.7 Å². The third-order valence-electron chi connectivity index (χ3n) is 4.92. The molecule has 2 aromatic carbocycles. The van der Waals surface area contributed by atoms with E-state index in [-0.39, 0.29) is 17.4 Å². The maximum Gasteiger partial charge on any atom is 0.272 e. The van der Waals surface area contributed by atoms with Gasteiger partial charge in [0.15, 0.2) is 6.29 Å². The van der Waals surface area contributed by atoms with E-state index in [2.05, 4.69) is 10.4 Å². The van der Waals surface area contributed by atoms with Gasteiger partial charge in [-0.25, -0.2) is 4.39 Å². The summed E-state index contributed by atoms with van der Waals surface area (Å²) >= 11 is 7.50. The van der Waals surface area contributed by atoms with Crippen molar-refractivity contribution < 1.29 is 14.0 Å². The van der Waals surface area contributed by atoms with Crippen molar-refractivity contribution in [3.05, 3.63) is 104 Å². The largest absolute Gasteiger partial charge is 0.343 e. The number of halogens is 2. The number of nitrogens with zero attached hydrogens (tertiary/aromatic N) is 2. The third kappa shape index (κ3) is 4.76. The number of aldehydes is 1. The normalized spacial score (nSPS) is 11.7. The Balaban J connectivity index is 1.56. The number of nitrogens with one attached hydrogen (secondary N) is 1. The lowest BCUT2D eigenvalue weighted by molar-refractivity contribution is 0.0933. The molecule has 0 saturated carbocycles. The zero-order valence-corrected chi connectivity index (χ0v) is 18.9. The summed E-state index contributed by atoms with van der Waals surface area (Å²) in [7, 11) is 0. The van der Waals surface area contributed by atoms with E-state index in [1.54, 1.807) is 31.2 Å². The molecular formula is C24H17ClFN3O3S. The maximum absolute atomic E-state index is 14.1. The van der Waals surface area contributed by atoms with Gasteiger partial charge in [0.2, 0.25) is 0 Å². The minimum absolute atomic E-state index is 0.0282. The van der Waals surface area contributed by atoms with Crippen molar-refractivity contribution in [3.63, 3.8) is 0 Å². The highest BCUT2D eigenvalue weighted by atomic mass is 35.5. The zero-order chi connectivity index (χ0) is 23.5. The average Bonchev–Trinajstić information content (AvgIpc) is 3.30. The predicted molar refractivity (Wildman–Crippen MR) is 126 cm³/mol. The molecule has 6 nitrogen and oxygen atoms in total. The Bertz CT molecular complexity index is 1420. The Labute approximate surface area is 197 Å². The standard InChI is InChI=1S/C24H17ClFN3O3S/c1-14(21-9-10-22(33-21)17-12-16(25)7-6-15(17)13-30)27-24(32)19-8-11-23(31)29(28-19)20-5-3-2-4-18(20)26/h2-14H,1H3,(H,27,32)/t14-/m1/s1. The summed E-state index contributed by atoms with van der Waals surface area (Å²) in [5, 5.41) is 7.39. The number of aromatic nitrogens is 2. The lowest BCUT2D eigenvalue weighted by Gasteiger charge is -2.13. The molecule has 1 N–H and O–H groups in total. The predicted octanol–water partition coefficient (Wildman–Crippen LogP) is 5.06. The highest BCUT2D eigenvalue weighted by Gasteiger charge is 2.18. The minimum Gasteiger partial charge on any atom is -0.343 e. The van der Waals surface area contributed by atoms with Crippen molar-refractivity contribution in [1.29, 1.82) is 0 Å². The number of para-hydroxylation sites is 1. The SMILES string of the molecule is C[C@@H](NC(=O)c1ccc(=O)n(-c2ccccc2F)n1)c1ccc(-c2cc(Cl)ccc2C=O)s1. The van der Waals surface area contributed by atoms with Crippen LogP contribution in [0.15, 0.2) is 71.5 Å². The van der Waals surface area contributed by atoms with Gasteiger partial charge in [-0.05, 0) is 55.5 Å². The molecule has 9 heteroatoms. The first kappa shape index (κ1) is 22.6. The van der Waals surface area contributed by atoms with Gasteiger partial charge in [0.05, 0.1) is 6.04 Å². The molecule has 0 aliphatic rings. The first-order valence-electron chi connectivity index (χ1n) is 9.88. The van der Waals surface area contributed by atoms with Crippen molar-refractivity contribution in [2.75, 3.05) is 0 Å². The van der Waals surface area contributed by atoms with E-state index in [0.29, 0.717) is 16.1 Å². The van der Waals surface area contributed by atoms with Gasteiger partial charge in [0.25, 0.3) is 11.5 Å². The Hall–Kier alpha value is -3.62. The van der Waals surface area contributed by atoms with Crippen LogP contribution >= 0.6 is 22.9 Å². The number of hydrogen-bond acceptors (Lipinski definition) is 5. The van der Waals surface area contributed by atoms with Crippen LogP contribution in [0.4, 0.5) is 4.39 Å². The van der Waals surface area contributed by atoms with Crippen molar-refractivity contribution in [2.24, 2.45) is 0 Å². The Morgan fingerprint density at radius 2 is 1.94 bits per heavy atom.